The van der Waals surface area contributed by atoms with Crippen molar-refractivity contribution in [2.24, 2.45) is 0 Å². The molecule has 18 nitrogen and oxygen atoms in total. The minimum absolute atomic E-state index is 0. The summed E-state index contributed by atoms with van der Waals surface area (Å²) >= 11 is 11.9. The number of hydrogen-bond donors (Lipinski definition) is 3. The van der Waals surface area contributed by atoms with Crippen LogP contribution in [0.4, 0.5) is 25.8 Å². The van der Waals surface area contributed by atoms with E-state index in [4.69, 9.17) is 27.9 Å². The van der Waals surface area contributed by atoms with Crippen molar-refractivity contribution in [3.8, 4) is 22.7 Å². The van der Waals surface area contributed by atoms with Crippen LogP contribution < -0.4 is 16.0 Å². The molecule has 460 valence electrons. The molecule has 4 aromatic heterocycles. The van der Waals surface area contributed by atoms with Crippen LogP contribution in [0.3, 0.4) is 0 Å². The molecule has 89 heavy (non-hydrogen) atoms. The van der Waals surface area contributed by atoms with Crippen LogP contribution in [0.15, 0.2) is 195 Å². The highest BCUT2D eigenvalue weighted by Crippen LogP contribution is 2.27. The van der Waals surface area contributed by atoms with E-state index in [1.165, 1.54) is 22.8 Å². The van der Waals surface area contributed by atoms with Crippen molar-refractivity contribution < 1.29 is 19.1 Å². The number of amides is 5. The van der Waals surface area contributed by atoms with Crippen LogP contribution in [-0.4, -0.2) is 103 Å². The summed E-state index contributed by atoms with van der Waals surface area (Å²) in [6, 6.07) is 54.7. The molecule has 0 atom stereocenters. The smallest absolute Gasteiger partial charge is 0.410 e. The van der Waals surface area contributed by atoms with Gasteiger partial charge in [0.1, 0.15) is 5.60 Å². The number of fused-ring (bicyclic) bond motifs is 4. The van der Waals surface area contributed by atoms with Crippen molar-refractivity contribution in [3.05, 3.63) is 251 Å². The van der Waals surface area contributed by atoms with Gasteiger partial charge >= 0.3 is 18.2 Å². The van der Waals surface area contributed by atoms with Gasteiger partial charge in [0, 0.05) is 120 Å². The van der Waals surface area contributed by atoms with Crippen molar-refractivity contribution in [1.29, 1.82) is 0 Å². The van der Waals surface area contributed by atoms with E-state index in [9.17, 15) is 14.4 Å². The van der Waals surface area contributed by atoms with Crippen molar-refractivity contribution in [3.63, 3.8) is 0 Å². The van der Waals surface area contributed by atoms with Gasteiger partial charge in [0.05, 0.1) is 73.4 Å². The summed E-state index contributed by atoms with van der Waals surface area (Å²) in [7, 11) is 0. The summed E-state index contributed by atoms with van der Waals surface area (Å²) in [6.45, 7) is 11.1. The predicted molar refractivity (Wildman–Crippen MR) is 353 cm³/mol. The normalized spacial score (nSPS) is 13.7. The third-order valence-electron chi connectivity index (χ3n) is 15.0. The number of para-hydroxylation sites is 4. The van der Waals surface area contributed by atoms with Gasteiger partial charge < -0.3 is 53.7 Å². The topological polar surface area (TPSA) is 178 Å². The number of halogens is 2. The minimum Gasteiger partial charge on any atom is -0.444 e. The zero-order valence-corrected chi connectivity index (χ0v) is 50.3. The van der Waals surface area contributed by atoms with E-state index >= 15 is 0 Å². The number of ether oxygens (including phenoxy) is 1. The summed E-state index contributed by atoms with van der Waals surface area (Å²) in [5.74, 6) is 0. The van der Waals surface area contributed by atoms with E-state index < -0.39 is 5.60 Å². The molecule has 0 radical (unpaired) electrons. The average Bonchev–Trinajstić information content (AvgIpc) is 2.95. The van der Waals surface area contributed by atoms with Gasteiger partial charge in [-0.2, -0.15) is 0 Å². The van der Waals surface area contributed by atoms with E-state index in [0.29, 0.717) is 60.7 Å². The summed E-state index contributed by atoms with van der Waals surface area (Å²) < 4.78 is 13.9. The predicted octanol–water partition coefficient (Wildman–Crippen LogP) is 14.2. The molecule has 20 heteroatoms. The Labute approximate surface area is 530 Å². The second-order valence-electron chi connectivity index (χ2n) is 22.2. The minimum atomic E-state index is -0.471. The Bertz CT molecular complexity index is 3960. The van der Waals surface area contributed by atoms with Crippen molar-refractivity contribution >= 4 is 52.7 Å². The second kappa shape index (κ2) is 29.5. The van der Waals surface area contributed by atoms with Crippen LogP contribution in [0.25, 0.3) is 22.7 Å². The van der Waals surface area contributed by atoms with E-state index in [1.807, 2.05) is 148 Å². The lowest BCUT2D eigenvalue weighted by atomic mass is 10.1. The monoisotopic (exact) mass is 1230 g/mol. The van der Waals surface area contributed by atoms with Crippen LogP contribution in [0.5, 0.6) is 0 Å². The molecule has 0 fully saturated rings. The Kier molecular flexibility index (Phi) is 21.2. The van der Waals surface area contributed by atoms with Gasteiger partial charge in [-0.1, -0.05) is 123 Å². The highest BCUT2D eigenvalue weighted by Gasteiger charge is 2.30. The number of hydrogen-bond acceptors (Lipinski definition) is 9. The first-order valence-electron chi connectivity index (χ1n) is 29.0. The van der Waals surface area contributed by atoms with E-state index in [2.05, 4.69) is 98.1 Å². The number of carbonyl (C=O) groups excluding carboxylic acids is 3. The Hall–Kier alpha value is -9.49. The molecular formula is C69H76Cl2N14O4. The van der Waals surface area contributed by atoms with Gasteiger partial charge in [-0.05, 0) is 106 Å². The Morgan fingerprint density at radius 1 is 0.449 bits per heavy atom. The number of urea groups is 2. The fraction of sp³-hybridized carbons (Fsp3) is 0.261. The molecule has 0 spiro atoms. The number of imidazole rings is 4. The van der Waals surface area contributed by atoms with Crippen molar-refractivity contribution in [2.75, 3.05) is 36.8 Å². The molecule has 4 aliphatic rings. The number of rotatable bonds is 6. The molecule has 0 saturated carbocycles. The molecule has 3 N–H and O–H groups in total. The summed E-state index contributed by atoms with van der Waals surface area (Å²) in [5.41, 5.74) is 14.2. The van der Waals surface area contributed by atoms with Crippen molar-refractivity contribution in [1.82, 2.24) is 58.2 Å². The van der Waals surface area contributed by atoms with Crippen LogP contribution >= 0.6 is 23.2 Å². The molecule has 0 saturated heterocycles. The Balaban J connectivity index is 0.000000142. The highest BCUT2D eigenvalue weighted by atomic mass is 35.5. The number of nitrogens with one attached hydrogen (secondary N) is 3. The summed E-state index contributed by atoms with van der Waals surface area (Å²) in [4.78, 5) is 60.5. The number of nitrogens with zero attached hydrogens (tertiary/aromatic N) is 11. The highest BCUT2D eigenvalue weighted by molar-refractivity contribution is 6.31. The van der Waals surface area contributed by atoms with Gasteiger partial charge in [-0.25, -0.2) is 34.3 Å². The van der Waals surface area contributed by atoms with E-state index in [-0.39, 0.29) is 33.0 Å². The lowest BCUT2D eigenvalue weighted by Crippen LogP contribution is -2.40. The molecule has 6 aromatic carbocycles. The number of benzene rings is 6. The van der Waals surface area contributed by atoms with Gasteiger partial charge in [-0.3, -0.25) is 0 Å². The molecule has 0 aliphatic carbocycles. The first-order valence-corrected chi connectivity index (χ1v) is 29.8. The lowest BCUT2D eigenvalue weighted by Gasteiger charge is -2.30. The maximum absolute atomic E-state index is 12.6. The van der Waals surface area contributed by atoms with Crippen molar-refractivity contribution in [2.45, 2.75) is 93.1 Å². The number of aromatic nitrogens is 8. The quantitative estimate of drug-likeness (QED) is 0.146. The van der Waals surface area contributed by atoms with E-state index in [0.717, 1.165) is 84.3 Å². The zero-order chi connectivity index (χ0) is 60.3. The number of anilines is 2. The lowest BCUT2D eigenvalue weighted by molar-refractivity contribution is 0.0220. The zero-order valence-electron chi connectivity index (χ0n) is 48.8. The summed E-state index contributed by atoms with van der Waals surface area (Å²) in [5, 5.41) is 10.3. The first-order chi connectivity index (χ1) is 42.3. The average molecular weight is 1240 g/mol. The molecule has 0 bridgehead atoms. The largest absolute Gasteiger partial charge is 0.444 e. The maximum Gasteiger partial charge on any atom is 0.410 e. The molecule has 5 amide bonds. The first kappa shape index (κ1) is 64.0. The molecule has 0 unspecified atom stereocenters. The molecular weight excluding hydrogens is 1160 g/mol. The third kappa shape index (κ3) is 16.0. The maximum atomic E-state index is 12.6. The fourth-order valence-corrected chi connectivity index (χ4v) is 11.1. The van der Waals surface area contributed by atoms with E-state index in [1.54, 1.807) is 39.0 Å². The van der Waals surface area contributed by atoms with Gasteiger partial charge in [0.25, 0.3) is 0 Å². The Morgan fingerprint density at radius 3 is 1.28 bits per heavy atom. The van der Waals surface area contributed by atoms with Gasteiger partial charge in [-0.15, -0.1) is 0 Å². The number of carbonyl (C=O) groups is 3. The Morgan fingerprint density at radius 2 is 0.831 bits per heavy atom. The van der Waals surface area contributed by atoms with Gasteiger partial charge in [0.2, 0.25) is 0 Å². The van der Waals surface area contributed by atoms with Crippen LogP contribution in [0, 0.1) is 0 Å². The SMILES string of the molecule is C.C.CC(C)(C)OC(=O)N1CCc2c(ncn2-c2ccccc2)C1.O=C(Nc1cccc(Cl)c1)N1CCc2c(ncn2-c2ccccc2)C1.O=C(Nc1cccc(Cl)c1)N1CCc2ncn(-c3ccccc3)c2C1.c1ccc(-n2cnc3c2CCNC3)cc1. The fourth-order valence-electron chi connectivity index (χ4n) is 10.8. The third-order valence-corrected chi connectivity index (χ3v) is 15.5. The van der Waals surface area contributed by atoms with Crippen LogP contribution in [-0.2, 0) is 56.6 Å². The standard InChI is InChI=1S/2C19H17ClN4O.C17H21N3O2.C12H13N3.2CH4/c20-14-5-4-6-15(11-14)22-19(25)23-10-9-18-17(12-23)21-13-24(18)16-7-2-1-3-8-16;20-14-5-4-6-15(11-14)22-19(25)23-10-9-17-18(12-23)24(13-21-17)16-7-2-1-3-8-16;1-17(2,3)22-16(21)19-10-9-15-14(11-19)18-12-20(15)13-7-5-4-6-8-13;1-2-4-10(5-3-1)15-9-14-11-8-13-7-6-12(11)15;;/h2*1-8,11,13H,9-10,12H2,(H,22,25);4-8,12H,9-11H2,1-3H3;1-5,9,13H,6-8H2;2*1H4. The second-order valence-corrected chi connectivity index (χ2v) is 23.0. The molecule has 8 heterocycles. The molecule has 10 aromatic rings. The molecule has 14 rings (SSSR count). The summed E-state index contributed by atoms with van der Waals surface area (Å²) in [6.07, 6.45) is 10.5. The van der Waals surface area contributed by atoms with Crippen LogP contribution in [0.2, 0.25) is 10.0 Å². The molecule has 4 aliphatic heterocycles. The van der Waals surface area contributed by atoms with Crippen LogP contribution in [0.1, 0.15) is 81.2 Å². The van der Waals surface area contributed by atoms with Gasteiger partial charge in [0.15, 0.2) is 0 Å².